The SMILES string of the molecule is Oc1ccc(C2(O)CC3CCC2N(Cc2ccccc2)C3)cc1O. The minimum absolute atomic E-state index is 0.0339. The smallest absolute Gasteiger partial charge is 0.157 e. The van der Waals surface area contributed by atoms with E-state index < -0.39 is 5.60 Å². The highest BCUT2D eigenvalue weighted by Crippen LogP contribution is 2.48. The number of phenolic OH excluding ortho intramolecular Hbond substituents is 2. The van der Waals surface area contributed by atoms with Gasteiger partial charge in [-0.25, -0.2) is 0 Å². The zero-order valence-corrected chi connectivity index (χ0v) is 13.6. The van der Waals surface area contributed by atoms with Gasteiger partial charge in [0.1, 0.15) is 5.60 Å². The maximum absolute atomic E-state index is 11.5. The number of aliphatic hydroxyl groups is 1. The molecule has 0 amide bonds. The van der Waals surface area contributed by atoms with Gasteiger partial charge in [-0.1, -0.05) is 36.4 Å². The number of nitrogens with zero attached hydrogens (tertiary/aromatic N) is 1. The molecule has 0 radical (unpaired) electrons. The van der Waals surface area contributed by atoms with E-state index in [1.807, 2.05) is 18.2 Å². The molecule has 5 rings (SSSR count). The monoisotopic (exact) mass is 325 g/mol. The van der Waals surface area contributed by atoms with Gasteiger partial charge in [-0.15, -0.1) is 0 Å². The van der Waals surface area contributed by atoms with E-state index in [9.17, 15) is 15.3 Å². The molecular formula is C20H23NO3. The van der Waals surface area contributed by atoms with E-state index in [-0.39, 0.29) is 17.5 Å². The van der Waals surface area contributed by atoms with Crippen LogP contribution >= 0.6 is 0 Å². The summed E-state index contributed by atoms with van der Waals surface area (Å²) in [5.41, 5.74) is 0.979. The molecule has 3 fully saturated rings. The second-order valence-electron chi connectivity index (χ2n) is 7.21. The summed E-state index contributed by atoms with van der Waals surface area (Å²) in [5, 5.41) is 30.9. The van der Waals surface area contributed by atoms with Crippen LogP contribution in [0, 0.1) is 5.92 Å². The van der Waals surface area contributed by atoms with Crippen LogP contribution in [0.2, 0.25) is 0 Å². The molecule has 2 bridgehead atoms. The Bertz CT molecular complexity index is 733. The first-order valence-corrected chi connectivity index (χ1v) is 8.59. The lowest BCUT2D eigenvalue weighted by Gasteiger charge is -2.55. The van der Waals surface area contributed by atoms with E-state index in [0.717, 1.165) is 25.9 Å². The number of aromatic hydroxyl groups is 2. The van der Waals surface area contributed by atoms with Crippen molar-refractivity contribution in [1.82, 2.24) is 4.90 Å². The third kappa shape index (κ3) is 2.56. The van der Waals surface area contributed by atoms with Crippen molar-refractivity contribution in [2.75, 3.05) is 6.54 Å². The molecule has 4 heteroatoms. The lowest BCUT2D eigenvalue weighted by molar-refractivity contribution is -0.140. The highest BCUT2D eigenvalue weighted by atomic mass is 16.3. The van der Waals surface area contributed by atoms with Crippen molar-refractivity contribution in [1.29, 1.82) is 0 Å². The first-order chi connectivity index (χ1) is 11.6. The van der Waals surface area contributed by atoms with E-state index in [4.69, 9.17) is 0 Å². The Balaban J connectivity index is 1.65. The van der Waals surface area contributed by atoms with E-state index in [1.54, 1.807) is 6.07 Å². The van der Waals surface area contributed by atoms with Crippen LogP contribution in [0.3, 0.4) is 0 Å². The van der Waals surface area contributed by atoms with Crippen LogP contribution in [-0.4, -0.2) is 32.8 Å². The summed E-state index contributed by atoms with van der Waals surface area (Å²) in [6, 6.07) is 15.1. The Morgan fingerprint density at radius 3 is 2.50 bits per heavy atom. The quantitative estimate of drug-likeness (QED) is 0.759. The molecule has 2 aromatic rings. The average Bonchev–Trinajstić information content (AvgIpc) is 2.58. The second kappa shape index (κ2) is 5.80. The van der Waals surface area contributed by atoms with Gasteiger partial charge < -0.3 is 15.3 Å². The lowest BCUT2D eigenvalue weighted by Crippen LogP contribution is -2.60. The number of piperidine rings is 2. The highest BCUT2D eigenvalue weighted by Gasteiger charge is 2.51. The third-order valence-electron chi connectivity index (χ3n) is 5.64. The van der Waals surface area contributed by atoms with E-state index in [1.165, 1.54) is 17.7 Å². The molecular weight excluding hydrogens is 302 g/mol. The van der Waals surface area contributed by atoms with E-state index >= 15 is 0 Å². The Morgan fingerprint density at radius 2 is 1.79 bits per heavy atom. The maximum Gasteiger partial charge on any atom is 0.157 e. The number of benzene rings is 2. The molecule has 4 nitrogen and oxygen atoms in total. The summed E-state index contributed by atoms with van der Waals surface area (Å²) < 4.78 is 0. The minimum atomic E-state index is -0.971. The molecule has 3 N–H and O–H groups in total. The summed E-state index contributed by atoms with van der Waals surface area (Å²) in [5.74, 6) is 0.140. The fourth-order valence-corrected chi connectivity index (χ4v) is 4.51. The van der Waals surface area contributed by atoms with Crippen LogP contribution in [0.1, 0.15) is 30.4 Å². The van der Waals surface area contributed by atoms with Crippen molar-refractivity contribution in [2.24, 2.45) is 5.92 Å². The van der Waals surface area contributed by atoms with Gasteiger partial charge in [0, 0.05) is 19.1 Å². The lowest BCUT2D eigenvalue weighted by atomic mass is 9.66. The summed E-state index contributed by atoms with van der Waals surface area (Å²) >= 11 is 0. The Morgan fingerprint density at radius 1 is 1.00 bits per heavy atom. The highest BCUT2D eigenvalue weighted by molar-refractivity contribution is 5.43. The molecule has 3 unspecified atom stereocenters. The fraction of sp³-hybridized carbons (Fsp3) is 0.400. The van der Waals surface area contributed by atoms with Gasteiger partial charge in [-0.05, 0) is 48.4 Å². The first kappa shape index (κ1) is 15.5. The summed E-state index contributed by atoms with van der Waals surface area (Å²) in [7, 11) is 0. The number of phenols is 2. The van der Waals surface area contributed by atoms with Crippen LogP contribution in [0.25, 0.3) is 0 Å². The Labute approximate surface area is 142 Å². The third-order valence-corrected chi connectivity index (χ3v) is 5.64. The van der Waals surface area contributed by atoms with Crippen molar-refractivity contribution in [3.63, 3.8) is 0 Å². The largest absolute Gasteiger partial charge is 0.504 e. The van der Waals surface area contributed by atoms with Gasteiger partial charge in [0.15, 0.2) is 11.5 Å². The van der Waals surface area contributed by atoms with Crippen molar-refractivity contribution >= 4 is 0 Å². The molecule has 2 aliphatic heterocycles. The molecule has 2 aromatic carbocycles. The van der Waals surface area contributed by atoms with Crippen LogP contribution in [0.4, 0.5) is 0 Å². The predicted octanol–water partition coefficient (Wildman–Crippen LogP) is 2.97. The van der Waals surface area contributed by atoms with Gasteiger partial charge in [-0.3, -0.25) is 4.90 Å². The van der Waals surface area contributed by atoms with Crippen molar-refractivity contribution in [2.45, 2.75) is 37.5 Å². The van der Waals surface area contributed by atoms with Gasteiger partial charge in [-0.2, -0.15) is 0 Å². The van der Waals surface area contributed by atoms with Gasteiger partial charge in [0.25, 0.3) is 0 Å². The second-order valence-corrected chi connectivity index (χ2v) is 7.21. The zero-order valence-electron chi connectivity index (χ0n) is 13.6. The molecule has 1 saturated carbocycles. The molecule has 24 heavy (non-hydrogen) atoms. The standard InChI is InChI=1S/C20H23NO3/c22-17-8-7-16(10-18(17)23)20(24)11-15-6-9-19(20)21(13-15)12-14-4-2-1-3-5-14/h1-5,7-8,10,15,19,22-24H,6,9,11-13H2. The topological polar surface area (TPSA) is 63.9 Å². The van der Waals surface area contributed by atoms with Crippen molar-refractivity contribution in [3.8, 4) is 11.5 Å². The van der Waals surface area contributed by atoms with Crippen molar-refractivity contribution in [3.05, 3.63) is 59.7 Å². The van der Waals surface area contributed by atoms with Gasteiger partial charge in [0.05, 0.1) is 0 Å². The van der Waals surface area contributed by atoms with Gasteiger partial charge in [0.2, 0.25) is 0 Å². The number of hydrogen-bond donors (Lipinski definition) is 3. The fourth-order valence-electron chi connectivity index (χ4n) is 4.51. The molecule has 2 saturated heterocycles. The number of rotatable bonds is 3. The van der Waals surface area contributed by atoms with E-state index in [0.29, 0.717) is 17.9 Å². The zero-order chi connectivity index (χ0) is 16.7. The van der Waals surface area contributed by atoms with Crippen molar-refractivity contribution < 1.29 is 15.3 Å². The maximum atomic E-state index is 11.5. The first-order valence-electron chi connectivity index (χ1n) is 8.59. The van der Waals surface area contributed by atoms with Gasteiger partial charge >= 0.3 is 0 Å². The Kier molecular flexibility index (Phi) is 3.74. The Hall–Kier alpha value is -2.04. The molecule has 0 spiro atoms. The van der Waals surface area contributed by atoms with Crippen LogP contribution in [0.15, 0.2) is 48.5 Å². The van der Waals surface area contributed by atoms with Crippen LogP contribution < -0.4 is 0 Å². The average molecular weight is 325 g/mol. The van der Waals surface area contributed by atoms with E-state index in [2.05, 4.69) is 17.0 Å². The summed E-state index contributed by atoms with van der Waals surface area (Å²) in [6.07, 6.45) is 2.81. The summed E-state index contributed by atoms with van der Waals surface area (Å²) in [4.78, 5) is 2.37. The summed E-state index contributed by atoms with van der Waals surface area (Å²) in [6.45, 7) is 1.83. The molecule has 1 aliphatic carbocycles. The van der Waals surface area contributed by atoms with Crippen LogP contribution in [-0.2, 0) is 12.1 Å². The molecule has 3 aliphatic rings. The molecule has 2 heterocycles. The number of fused-ring (bicyclic) bond motifs is 3. The predicted molar refractivity (Wildman–Crippen MR) is 91.6 cm³/mol. The normalized spacial score (nSPS) is 29.7. The minimum Gasteiger partial charge on any atom is -0.504 e. The molecule has 126 valence electrons. The van der Waals surface area contributed by atoms with Crippen LogP contribution in [0.5, 0.6) is 11.5 Å². The molecule has 3 atom stereocenters. The molecule has 0 aromatic heterocycles. The number of hydrogen-bond acceptors (Lipinski definition) is 4.